The summed E-state index contributed by atoms with van der Waals surface area (Å²) in [7, 11) is -3.50. The number of sulfone groups is 1. The molecule has 1 aromatic carbocycles. The zero-order valence-electron chi connectivity index (χ0n) is 13.9. The quantitative estimate of drug-likeness (QED) is 0.753. The molecule has 26 heavy (non-hydrogen) atoms. The third-order valence-electron chi connectivity index (χ3n) is 3.94. The van der Waals surface area contributed by atoms with Crippen LogP contribution in [-0.2, 0) is 21.0 Å². The van der Waals surface area contributed by atoms with Gasteiger partial charge in [-0.1, -0.05) is 16.8 Å². The summed E-state index contributed by atoms with van der Waals surface area (Å²) in [5, 5.41) is 6.79. The van der Waals surface area contributed by atoms with Crippen LogP contribution in [0.15, 0.2) is 33.7 Å². The van der Waals surface area contributed by atoms with Crippen LogP contribution in [-0.4, -0.2) is 49.5 Å². The normalized spacial score (nSPS) is 17.3. The Morgan fingerprint density at radius 1 is 1.31 bits per heavy atom. The lowest BCUT2D eigenvalue weighted by Crippen LogP contribution is -2.31. The van der Waals surface area contributed by atoms with Gasteiger partial charge < -0.3 is 14.6 Å². The van der Waals surface area contributed by atoms with Crippen LogP contribution in [0.25, 0.3) is 0 Å². The Bertz CT molecular complexity index is 860. The highest BCUT2D eigenvalue weighted by Gasteiger charge is 2.21. The Morgan fingerprint density at radius 3 is 2.77 bits per heavy atom. The van der Waals surface area contributed by atoms with E-state index in [1.807, 2.05) is 0 Å². The minimum Gasteiger partial charge on any atom is -0.376 e. The molecule has 2 aromatic rings. The van der Waals surface area contributed by atoms with Crippen molar-refractivity contribution < 1.29 is 22.5 Å². The van der Waals surface area contributed by atoms with Crippen molar-refractivity contribution >= 4 is 27.3 Å². The molecule has 3 rings (SSSR count). The highest BCUT2D eigenvalue weighted by Crippen LogP contribution is 2.16. The molecule has 10 heteroatoms. The van der Waals surface area contributed by atoms with Gasteiger partial charge in [0, 0.05) is 24.6 Å². The van der Waals surface area contributed by atoms with Crippen molar-refractivity contribution in [2.24, 2.45) is 0 Å². The van der Waals surface area contributed by atoms with Crippen LogP contribution in [0.4, 0.5) is 0 Å². The zero-order valence-corrected chi connectivity index (χ0v) is 15.4. The number of carbonyl (C=O) groups is 1. The van der Waals surface area contributed by atoms with Crippen molar-refractivity contribution in [1.29, 1.82) is 0 Å². The van der Waals surface area contributed by atoms with Gasteiger partial charge in [0.2, 0.25) is 0 Å². The number of aromatic nitrogens is 2. The summed E-state index contributed by atoms with van der Waals surface area (Å²) < 4.78 is 34.9. The van der Waals surface area contributed by atoms with E-state index < -0.39 is 15.7 Å². The summed E-state index contributed by atoms with van der Waals surface area (Å²) in [6, 6.07) is 5.91. The first kappa shape index (κ1) is 18.8. The summed E-state index contributed by atoms with van der Waals surface area (Å²) in [5.41, 5.74) is 0. The molecule has 1 aliphatic heterocycles. The van der Waals surface area contributed by atoms with Crippen molar-refractivity contribution in [3.8, 4) is 0 Å². The maximum atomic E-state index is 12.3. The van der Waals surface area contributed by atoms with E-state index in [0.29, 0.717) is 18.2 Å². The number of amides is 1. The molecule has 1 aromatic heterocycles. The molecule has 0 saturated carbocycles. The van der Waals surface area contributed by atoms with Crippen molar-refractivity contribution in [2.45, 2.75) is 30.3 Å². The van der Waals surface area contributed by atoms with Crippen LogP contribution in [0, 0.1) is 0 Å². The highest BCUT2D eigenvalue weighted by molar-refractivity contribution is 7.91. The van der Waals surface area contributed by atoms with Gasteiger partial charge >= 0.3 is 11.8 Å². The second kappa shape index (κ2) is 8.15. The number of nitrogens with zero attached hydrogens (tertiary/aromatic N) is 2. The standard InChI is InChI=1S/C16H18ClN3O5S/c17-11-3-5-13(6-4-11)26(22,23)9-7-14-19-16(25-20-14)15(21)18-10-12-2-1-8-24-12/h3-6,12H,1-2,7-10H2,(H,18,21). The number of rotatable bonds is 7. The second-order valence-corrected chi connectivity index (χ2v) is 8.43. The Hall–Kier alpha value is -1.97. The maximum Gasteiger partial charge on any atom is 0.315 e. The summed E-state index contributed by atoms with van der Waals surface area (Å²) in [6.07, 6.45) is 1.92. The SMILES string of the molecule is O=C(NCC1CCCO1)c1nc(CCS(=O)(=O)c2ccc(Cl)cc2)no1. The van der Waals surface area contributed by atoms with Crippen LogP contribution in [0.5, 0.6) is 0 Å². The number of benzene rings is 1. The molecule has 140 valence electrons. The molecule has 1 aliphatic rings. The van der Waals surface area contributed by atoms with Crippen LogP contribution in [0.1, 0.15) is 29.4 Å². The van der Waals surface area contributed by atoms with Crippen LogP contribution < -0.4 is 5.32 Å². The molecule has 1 saturated heterocycles. The molecule has 1 N–H and O–H groups in total. The number of hydrogen-bond acceptors (Lipinski definition) is 7. The van der Waals surface area contributed by atoms with Gasteiger partial charge in [0.25, 0.3) is 0 Å². The average molecular weight is 400 g/mol. The van der Waals surface area contributed by atoms with Crippen molar-refractivity contribution in [1.82, 2.24) is 15.5 Å². The van der Waals surface area contributed by atoms with E-state index >= 15 is 0 Å². The monoisotopic (exact) mass is 399 g/mol. The van der Waals surface area contributed by atoms with Gasteiger partial charge in [-0.2, -0.15) is 4.98 Å². The number of halogens is 1. The van der Waals surface area contributed by atoms with Crippen LogP contribution in [0.2, 0.25) is 5.02 Å². The predicted molar refractivity (Wildman–Crippen MR) is 92.8 cm³/mol. The fourth-order valence-corrected chi connectivity index (χ4v) is 3.88. The second-order valence-electron chi connectivity index (χ2n) is 5.88. The summed E-state index contributed by atoms with van der Waals surface area (Å²) >= 11 is 5.76. The highest BCUT2D eigenvalue weighted by atomic mass is 35.5. The molecular weight excluding hydrogens is 382 g/mol. The molecule has 1 amide bonds. The number of aryl methyl sites for hydroxylation is 1. The minimum absolute atomic E-state index is 0.00543. The van der Waals surface area contributed by atoms with Crippen molar-refractivity contribution in [3.05, 3.63) is 41.0 Å². The Labute approximate surface area is 155 Å². The number of nitrogens with one attached hydrogen (secondary N) is 1. The van der Waals surface area contributed by atoms with Gasteiger partial charge in [0.05, 0.1) is 16.8 Å². The molecule has 1 unspecified atom stereocenters. The lowest BCUT2D eigenvalue weighted by molar-refractivity contribution is 0.0822. The molecule has 1 fully saturated rings. The van der Waals surface area contributed by atoms with Gasteiger partial charge in [-0.3, -0.25) is 4.79 Å². The van der Waals surface area contributed by atoms with E-state index in [0.717, 1.165) is 12.8 Å². The summed E-state index contributed by atoms with van der Waals surface area (Å²) in [6.45, 7) is 1.08. The molecule has 0 radical (unpaired) electrons. The van der Waals surface area contributed by atoms with Crippen molar-refractivity contribution in [3.63, 3.8) is 0 Å². The lowest BCUT2D eigenvalue weighted by Gasteiger charge is -2.08. The van der Waals surface area contributed by atoms with Crippen LogP contribution >= 0.6 is 11.6 Å². The average Bonchev–Trinajstić information content (AvgIpc) is 3.30. The van der Waals surface area contributed by atoms with E-state index in [9.17, 15) is 13.2 Å². The van der Waals surface area contributed by atoms with Gasteiger partial charge in [-0.25, -0.2) is 8.42 Å². The fraction of sp³-hybridized carbons (Fsp3) is 0.438. The van der Waals surface area contributed by atoms with E-state index in [-0.39, 0.29) is 34.9 Å². The molecule has 0 spiro atoms. The number of ether oxygens (including phenoxy) is 1. The molecule has 1 atom stereocenters. The van der Waals surface area contributed by atoms with E-state index in [2.05, 4.69) is 15.5 Å². The summed E-state index contributed by atoms with van der Waals surface area (Å²) in [4.78, 5) is 16.1. The first-order chi connectivity index (χ1) is 12.4. The van der Waals surface area contributed by atoms with Gasteiger partial charge in [0.15, 0.2) is 15.7 Å². The number of hydrogen-bond donors (Lipinski definition) is 1. The van der Waals surface area contributed by atoms with E-state index in [1.165, 1.54) is 24.3 Å². The Morgan fingerprint density at radius 2 is 2.08 bits per heavy atom. The largest absolute Gasteiger partial charge is 0.376 e. The number of carbonyl (C=O) groups excluding carboxylic acids is 1. The van der Waals surface area contributed by atoms with Crippen molar-refractivity contribution in [2.75, 3.05) is 18.9 Å². The van der Waals surface area contributed by atoms with Gasteiger partial charge in [0.1, 0.15) is 0 Å². The topological polar surface area (TPSA) is 111 Å². The Kier molecular flexibility index (Phi) is 5.90. The smallest absolute Gasteiger partial charge is 0.315 e. The molecule has 0 aliphatic carbocycles. The van der Waals surface area contributed by atoms with Crippen LogP contribution in [0.3, 0.4) is 0 Å². The predicted octanol–water partition coefficient (Wildman–Crippen LogP) is 1.65. The fourth-order valence-electron chi connectivity index (χ4n) is 2.52. The molecule has 2 heterocycles. The third-order valence-corrected chi connectivity index (χ3v) is 5.93. The third kappa shape index (κ3) is 4.80. The summed E-state index contributed by atoms with van der Waals surface area (Å²) in [5.74, 6) is -0.739. The first-order valence-corrected chi connectivity index (χ1v) is 10.2. The maximum absolute atomic E-state index is 12.3. The Balaban J connectivity index is 1.54. The zero-order chi connectivity index (χ0) is 18.6. The van der Waals surface area contributed by atoms with E-state index in [4.69, 9.17) is 20.9 Å². The first-order valence-electron chi connectivity index (χ1n) is 8.15. The van der Waals surface area contributed by atoms with Gasteiger partial charge in [-0.05, 0) is 37.1 Å². The minimum atomic E-state index is -3.50. The molecule has 0 bridgehead atoms. The van der Waals surface area contributed by atoms with E-state index in [1.54, 1.807) is 0 Å². The lowest BCUT2D eigenvalue weighted by atomic mass is 10.2. The molecular formula is C16H18ClN3O5S. The van der Waals surface area contributed by atoms with Gasteiger partial charge in [-0.15, -0.1) is 0 Å². The molecule has 8 nitrogen and oxygen atoms in total.